The Hall–Kier alpha value is -1.22. The van der Waals surface area contributed by atoms with Crippen LogP contribution in [0.15, 0.2) is 12.1 Å². The molecule has 1 aromatic rings. The second-order valence-corrected chi connectivity index (χ2v) is 4.92. The molecular weight excluding hydrogens is 236 g/mol. The number of nitrogens with zero attached hydrogens (tertiary/aromatic N) is 1. The number of amides is 1. The molecule has 0 aromatic heterocycles. The zero-order chi connectivity index (χ0) is 12.4. The number of nitrogen functional groups attached to an aromatic ring is 1. The van der Waals surface area contributed by atoms with Gasteiger partial charge in [0.05, 0.1) is 10.7 Å². The van der Waals surface area contributed by atoms with Crippen LogP contribution in [0.5, 0.6) is 0 Å². The molecular formula is C13H17ClN2O. The number of hydrogen-bond donors (Lipinski definition) is 1. The fourth-order valence-electron chi connectivity index (χ4n) is 2.22. The van der Waals surface area contributed by atoms with E-state index in [0.29, 0.717) is 17.1 Å². The van der Waals surface area contributed by atoms with Gasteiger partial charge in [0.25, 0.3) is 0 Å². The van der Waals surface area contributed by atoms with Crippen LogP contribution >= 0.6 is 11.6 Å². The minimum atomic E-state index is 0.187. The van der Waals surface area contributed by atoms with Crippen LogP contribution in [0.4, 0.5) is 11.4 Å². The Kier molecular flexibility index (Phi) is 3.57. The smallest absolute Gasteiger partial charge is 0.226 e. The van der Waals surface area contributed by atoms with Crippen LogP contribution in [0.25, 0.3) is 0 Å². The van der Waals surface area contributed by atoms with Gasteiger partial charge in [-0.3, -0.25) is 4.79 Å². The van der Waals surface area contributed by atoms with E-state index in [-0.39, 0.29) is 5.91 Å². The summed E-state index contributed by atoms with van der Waals surface area (Å²) in [6.45, 7) is 2.74. The Balaban J connectivity index is 2.37. The average molecular weight is 253 g/mol. The lowest BCUT2D eigenvalue weighted by atomic mass is 10.1. The van der Waals surface area contributed by atoms with Gasteiger partial charge < -0.3 is 10.6 Å². The Morgan fingerprint density at radius 1 is 1.29 bits per heavy atom. The van der Waals surface area contributed by atoms with Crippen molar-refractivity contribution in [3.63, 3.8) is 0 Å². The van der Waals surface area contributed by atoms with E-state index >= 15 is 0 Å². The van der Waals surface area contributed by atoms with E-state index in [1.165, 1.54) is 0 Å². The Bertz CT molecular complexity index is 445. The molecule has 1 heterocycles. The van der Waals surface area contributed by atoms with Gasteiger partial charge in [-0.2, -0.15) is 0 Å². The van der Waals surface area contributed by atoms with Crippen molar-refractivity contribution in [3.8, 4) is 0 Å². The second-order valence-electron chi connectivity index (χ2n) is 4.52. The Morgan fingerprint density at radius 3 is 2.82 bits per heavy atom. The number of carbonyl (C=O) groups excluding carboxylic acids is 1. The van der Waals surface area contributed by atoms with Crippen molar-refractivity contribution < 1.29 is 4.79 Å². The van der Waals surface area contributed by atoms with E-state index in [2.05, 4.69) is 0 Å². The highest BCUT2D eigenvalue weighted by atomic mass is 35.5. The summed E-state index contributed by atoms with van der Waals surface area (Å²) in [7, 11) is 0. The van der Waals surface area contributed by atoms with Crippen LogP contribution in [0.1, 0.15) is 31.2 Å². The summed E-state index contributed by atoms with van der Waals surface area (Å²) in [6.07, 6.45) is 3.77. The molecule has 1 saturated heterocycles. The maximum absolute atomic E-state index is 12.0. The minimum absolute atomic E-state index is 0.187. The van der Waals surface area contributed by atoms with E-state index in [0.717, 1.165) is 37.1 Å². The van der Waals surface area contributed by atoms with Crippen LogP contribution in [0.3, 0.4) is 0 Å². The van der Waals surface area contributed by atoms with Crippen molar-refractivity contribution in [2.45, 2.75) is 32.6 Å². The second kappa shape index (κ2) is 4.96. The minimum Gasteiger partial charge on any atom is -0.398 e. The van der Waals surface area contributed by atoms with E-state index in [1.54, 1.807) is 6.07 Å². The van der Waals surface area contributed by atoms with Crippen molar-refractivity contribution in [1.29, 1.82) is 0 Å². The molecule has 1 aliphatic heterocycles. The topological polar surface area (TPSA) is 46.3 Å². The monoisotopic (exact) mass is 252 g/mol. The molecule has 1 fully saturated rings. The molecule has 0 bridgehead atoms. The van der Waals surface area contributed by atoms with Crippen molar-refractivity contribution >= 4 is 28.9 Å². The maximum Gasteiger partial charge on any atom is 0.226 e. The summed E-state index contributed by atoms with van der Waals surface area (Å²) in [5, 5.41) is 0.516. The summed E-state index contributed by atoms with van der Waals surface area (Å²) in [5.41, 5.74) is 8.22. The number of aryl methyl sites for hydroxylation is 1. The third kappa shape index (κ3) is 2.55. The molecule has 17 heavy (non-hydrogen) atoms. The van der Waals surface area contributed by atoms with Crippen LogP contribution < -0.4 is 10.6 Å². The Morgan fingerprint density at radius 2 is 2.06 bits per heavy atom. The number of hydrogen-bond acceptors (Lipinski definition) is 2. The predicted molar refractivity (Wildman–Crippen MR) is 71.4 cm³/mol. The third-order valence-electron chi connectivity index (χ3n) is 3.18. The number of benzene rings is 1. The van der Waals surface area contributed by atoms with Crippen molar-refractivity contribution in [1.82, 2.24) is 0 Å². The number of halogens is 1. The molecule has 3 nitrogen and oxygen atoms in total. The molecule has 1 aliphatic rings. The summed E-state index contributed by atoms with van der Waals surface area (Å²) < 4.78 is 0. The molecule has 0 radical (unpaired) electrons. The lowest BCUT2D eigenvalue weighted by Crippen LogP contribution is -2.30. The number of carbonyl (C=O) groups is 1. The molecule has 4 heteroatoms. The summed E-state index contributed by atoms with van der Waals surface area (Å²) in [5.74, 6) is 0.187. The summed E-state index contributed by atoms with van der Waals surface area (Å²) >= 11 is 6.03. The molecule has 0 unspecified atom stereocenters. The van der Waals surface area contributed by atoms with Gasteiger partial charge in [-0.05, 0) is 37.5 Å². The Labute approximate surface area is 107 Å². The molecule has 1 aromatic carbocycles. The third-order valence-corrected chi connectivity index (χ3v) is 3.51. The first-order valence-electron chi connectivity index (χ1n) is 5.95. The lowest BCUT2D eigenvalue weighted by Gasteiger charge is -2.23. The maximum atomic E-state index is 12.0. The van der Waals surface area contributed by atoms with Gasteiger partial charge in [-0.15, -0.1) is 0 Å². The molecule has 1 amide bonds. The van der Waals surface area contributed by atoms with Gasteiger partial charge in [0.1, 0.15) is 0 Å². The van der Waals surface area contributed by atoms with E-state index in [1.807, 2.05) is 17.9 Å². The first-order chi connectivity index (χ1) is 8.09. The largest absolute Gasteiger partial charge is 0.398 e. The fraction of sp³-hybridized carbons (Fsp3) is 0.462. The normalized spacial score (nSPS) is 17.1. The van der Waals surface area contributed by atoms with Crippen LogP contribution in [-0.2, 0) is 4.79 Å². The fourth-order valence-corrected chi connectivity index (χ4v) is 2.38. The number of rotatable bonds is 1. The molecule has 0 aliphatic carbocycles. The number of nitrogens with two attached hydrogens (primary N) is 1. The van der Waals surface area contributed by atoms with Crippen LogP contribution in [0.2, 0.25) is 5.02 Å². The summed E-state index contributed by atoms with van der Waals surface area (Å²) in [6, 6.07) is 3.63. The van der Waals surface area contributed by atoms with E-state index in [4.69, 9.17) is 17.3 Å². The van der Waals surface area contributed by atoms with Gasteiger partial charge >= 0.3 is 0 Å². The van der Waals surface area contributed by atoms with Gasteiger partial charge in [0, 0.05) is 18.7 Å². The van der Waals surface area contributed by atoms with Gasteiger partial charge in [-0.25, -0.2) is 0 Å². The molecule has 92 valence electrons. The van der Waals surface area contributed by atoms with E-state index < -0.39 is 0 Å². The molecule has 0 spiro atoms. The zero-order valence-corrected chi connectivity index (χ0v) is 10.8. The summed E-state index contributed by atoms with van der Waals surface area (Å²) in [4.78, 5) is 13.9. The first-order valence-corrected chi connectivity index (χ1v) is 6.33. The van der Waals surface area contributed by atoms with Crippen LogP contribution in [0, 0.1) is 6.92 Å². The van der Waals surface area contributed by atoms with E-state index in [9.17, 15) is 4.79 Å². The zero-order valence-electron chi connectivity index (χ0n) is 10.0. The molecule has 2 rings (SSSR count). The van der Waals surface area contributed by atoms with Crippen molar-refractivity contribution in [2.75, 3.05) is 17.2 Å². The quantitative estimate of drug-likeness (QED) is 0.781. The van der Waals surface area contributed by atoms with Crippen molar-refractivity contribution in [3.05, 3.63) is 22.7 Å². The van der Waals surface area contributed by atoms with Crippen LogP contribution in [-0.4, -0.2) is 12.5 Å². The van der Waals surface area contributed by atoms with Crippen molar-refractivity contribution in [2.24, 2.45) is 0 Å². The lowest BCUT2D eigenvalue weighted by molar-refractivity contribution is -0.118. The van der Waals surface area contributed by atoms with Gasteiger partial charge in [0.15, 0.2) is 0 Å². The van der Waals surface area contributed by atoms with Gasteiger partial charge in [-0.1, -0.05) is 18.0 Å². The SMILES string of the molecule is Cc1cc(N)c(Cl)cc1N1CCCCCC1=O. The highest BCUT2D eigenvalue weighted by Gasteiger charge is 2.20. The number of anilines is 2. The average Bonchev–Trinajstić information content (AvgIpc) is 2.49. The molecule has 0 saturated carbocycles. The highest BCUT2D eigenvalue weighted by molar-refractivity contribution is 6.33. The first kappa shape index (κ1) is 12.2. The molecule has 2 N–H and O–H groups in total. The molecule has 0 atom stereocenters. The standard InChI is InChI=1S/C13H17ClN2O/c1-9-7-11(15)10(14)8-12(9)16-6-4-2-3-5-13(16)17/h7-8H,2-6,15H2,1H3. The predicted octanol–water partition coefficient (Wildman–Crippen LogP) is 3.14. The van der Waals surface area contributed by atoms with Gasteiger partial charge in [0.2, 0.25) is 5.91 Å². The highest BCUT2D eigenvalue weighted by Crippen LogP contribution is 2.31.